The van der Waals surface area contributed by atoms with Crippen molar-refractivity contribution in [2.75, 3.05) is 30.4 Å². The highest BCUT2D eigenvalue weighted by atomic mass is 32.2. The summed E-state index contributed by atoms with van der Waals surface area (Å²) >= 11 is 0. The van der Waals surface area contributed by atoms with Crippen LogP contribution in [0.15, 0.2) is 53.4 Å². The summed E-state index contributed by atoms with van der Waals surface area (Å²) in [6.45, 7) is 0.359. The molecule has 0 aromatic heterocycles. The second kappa shape index (κ2) is 15.0. The van der Waals surface area contributed by atoms with Crippen molar-refractivity contribution in [2.45, 2.75) is 56.4 Å². The van der Waals surface area contributed by atoms with Gasteiger partial charge in [-0.3, -0.25) is 9.59 Å². The average molecular weight is 682 g/mol. The van der Waals surface area contributed by atoms with Gasteiger partial charge in [0.1, 0.15) is 0 Å². The van der Waals surface area contributed by atoms with Crippen LogP contribution in [0.25, 0.3) is 0 Å². The molecule has 3 aromatic rings. The first-order chi connectivity index (χ1) is 22.3. The molecule has 0 aliphatic heterocycles. The maximum absolute atomic E-state index is 14.4. The number of amides is 2. The summed E-state index contributed by atoms with van der Waals surface area (Å²) in [6.07, 6.45) is 5.57. The normalized spacial score (nSPS) is 13.8. The van der Waals surface area contributed by atoms with Gasteiger partial charge in [-0.15, -0.1) is 0 Å². The van der Waals surface area contributed by atoms with E-state index in [1.807, 2.05) is 24.3 Å². The molecule has 0 heterocycles. The van der Waals surface area contributed by atoms with E-state index in [2.05, 4.69) is 10.1 Å². The molecule has 2 amide bonds. The van der Waals surface area contributed by atoms with Crippen LogP contribution in [0.5, 0.6) is 0 Å². The highest BCUT2D eigenvalue weighted by Crippen LogP contribution is 2.33. The first kappa shape index (κ1) is 35.5. The molecule has 252 valence electrons. The maximum atomic E-state index is 14.4. The van der Waals surface area contributed by atoms with E-state index in [1.54, 1.807) is 0 Å². The number of halogens is 5. The van der Waals surface area contributed by atoms with Gasteiger partial charge in [0.25, 0.3) is 0 Å². The smallest absolute Gasteiger partial charge is 0.397 e. The molecule has 1 aliphatic rings. The van der Waals surface area contributed by atoms with Crippen molar-refractivity contribution in [2.24, 2.45) is 0 Å². The van der Waals surface area contributed by atoms with Gasteiger partial charge in [-0.25, -0.2) is 35.2 Å². The number of sulfonamides is 1. The zero-order chi connectivity index (χ0) is 34.5. The fraction of sp³-hybridized carbons (Fsp3) is 0.344. The van der Waals surface area contributed by atoms with Crippen molar-refractivity contribution in [1.82, 2.24) is 4.31 Å². The molecule has 4 rings (SSSR count). The number of hydrogen-bond acceptors (Lipinski definition) is 6. The fourth-order valence-electron chi connectivity index (χ4n) is 5.27. The van der Waals surface area contributed by atoms with E-state index in [0.29, 0.717) is 11.5 Å². The molecule has 3 aromatic carbocycles. The minimum atomic E-state index is -5.40. The van der Waals surface area contributed by atoms with Gasteiger partial charge in [0, 0.05) is 18.4 Å². The summed E-state index contributed by atoms with van der Waals surface area (Å²) in [5, 5.41) is 2.34. The molecule has 0 bridgehead atoms. The van der Waals surface area contributed by atoms with Crippen LogP contribution in [0.4, 0.5) is 33.3 Å². The van der Waals surface area contributed by atoms with Gasteiger partial charge in [-0.2, -0.15) is 4.31 Å². The molecule has 1 N–H and O–H groups in total. The number of likely N-dealkylation sites (N-methyl/N-ethyl adjacent to an activating group) is 1. The van der Waals surface area contributed by atoms with Gasteiger partial charge in [0.15, 0.2) is 28.2 Å². The molecule has 15 heteroatoms. The number of carbonyl (C=O) groups is 3. The van der Waals surface area contributed by atoms with Crippen molar-refractivity contribution in [3.05, 3.63) is 88.7 Å². The molecule has 1 fully saturated rings. The van der Waals surface area contributed by atoms with Crippen LogP contribution in [0.1, 0.15) is 56.1 Å². The van der Waals surface area contributed by atoms with Crippen LogP contribution in [0.3, 0.4) is 0 Å². The lowest BCUT2D eigenvalue weighted by Crippen LogP contribution is -2.41. The standard InChI is InChI=1S/C32H32F5N3O6S/c1-3-46-32(43)31(42)38-22-13-15-23(16-14-22)40(17-19-9-11-21(12-10-19)20-7-5-4-6-8-20)24(41)18-39(2)47(44,45)30-28(36)26(34)25(33)27(35)29(30)37/h9-16,20H,3-8,17-18H2,1-2H3,(H,38,42). The van der Waals surface area contributed by atoms with E-state index in [1.165, 1.54) is 37.6 Å². The molecule has 47 heavy (non-hydrogen) atoms. The molecule has 0 atom stereocenters. The summed E-state index contributed by atoms with van der Waals surface area (Å²) in [6, 6.07) is 13.0. The third kappa shape index (κ3) is 7.96. The first-order valence-electron chi connectivity index (χ1n) is 14.7. The first-order valence-corrected chi connectivity index (χ1v) is 16.1. The Labute approximate surface area is 268 Å². The third-order valence-corrected chi connectivity index (χ3v) is 9.62. The zero-order valence-corrected chi connectivity index (χ0v) is 26.3. The maximum Gasteiger partial charge on any atom is 0.397 e. The summed E-state index contributed by atoms with van der Waals surface area (Å²) in [5.74, 6) is -15.2. The van der Waals surface area contributed by atoms with E-state index < -0.39 is 68.3 Å². The Hall–Kier alpha value is -4.37. The topological polar surface area (TPSA) is 113 Å². The van der Waals surface area contributed by atoms with Gasteiger partial charge < -0.3 is 15.0 Å². The lowest BCUT2D eigenvalue weighted by Gasteiger charge is -2.27. The number of ether oxygens (including phenoxy) is 1. The van der Waals surface area contributed by atoms with Crippen LogP contribution in [-0.2, 0) is 35.7 Å². The molecule has 1 saturated carbocycles. The number of nitrogens with one attached hydrogen (secondary N) is 1. The van der Waals surface area contributed by atoms with Crippen LogP contribution < -0.4 is 10.2 Å². The summed E-state index contributed by atoms with van der Waals surface area (Å²) < 4.78 is 101. The van der Waals surface area contributed by atoms with Crippen molar-refractivity contribution >= 4 is 39.2 Å². The number of rotatable bonds is 10. The van der Waals surface area contributed by atoms with E-state index in [4.69, 9.17) is 0 Å². The Balaban J connectivity index is 1.62. The number of carbonyl (C=O) groups excluding carboxylic acids is 3. The van der Waals surface area contributed by atoms with Crippen LogP contribution in [0, 0.1) is 29.1 Å². The summed E-state index contributed by atoms with van der Waals surface area (Å²) in [7, 11) is -4.64. The lowest BCUT2D eigenvalue weighted by atomic mass is 9.84. The van der Waals surface area contributed by atoms with Crippen molar-refractivity contribution in [3.8, 4) is 0 Å². The number of hydrogen-bond donors (Lipinski definition) is 1. The third-order valence-electron chi connectivity index (χ3n) is 7.79. The van der Waals surface area contributed by atoms with Gasteiger partial charge in [0.2, 0.25) is 21.7 Å². The van der Waals surface area contributed by atoms with Gasteiger partial charge in [-0.1, -0.05) is 43.5 Å². The Morgan fingerprint density at radius 3 is 1.94 bits per heavy atom. The number of esters is 1. The predicted octanol–water partition coefficient (Wildman–Crippen LogP) is 5.79. The zero-order valence-electron chi connectivity index (χ0n) is 25.5. The fourth-order valence-corrected chi connectivity index (χ4v) is 6.49. The van der Waals surface area contributed by atoms with Crippen LogP contribution in [-0.4, -0.2) is 50.7 Å². The van der Waals surface area contributed by atoms with Crippen LogP contribution in [0.2, 0.25) is 0 Å². The van der Waals surface area contributed by atoms with Gasteiger partial charge in [-0.05, 0) is 61.1 Å². The van der Waals surface area contributed by atoms with E-state index >= 15 is 0 Å². The second-order valence-electron chi connectivity index (χ2n) is 10.9. The molecule has 9 nitrogen and oxygen atoms in total. The number of benzene rings is 3. The molecule has 0 saturated heterocycles. The van der Waals surface area contributed by atoms with E-state index in [-0.39, 0.29) is 28.8 Å². The summed E-state index contributed by atoms with van der Waals surface area (Å²) in [4.78, 5) is 36.4. The minimum Gasteiger partial charge on any atom is -0.459 e. The molecular formula is C32H32F5N3O6S. The molecular weight excluding hydrogens is 649 g/mol. The van der Waals surface area contributed by atoms with E-state index in [9.17, 15) is 44.8 Å². The predicted molar refractivity (Wildman–Crippen MR) is 161 cm³/mol. The monoisotopic (exact) mass is 681 g/mol. The van der Waals surface area contributed by atoms with Crippen molar-refractivity contribution in [3.63, 3.8) is 0 Å². The molecule has 1 aliphatic carbocycles. The van der Waals surface area contributed by atoms with E-state index in [0.717, 1.165) is 43.2 Å². The molecule has 0 unspecified atom stereocenters. The van der Waals surface area contributed by atoms with Crippen molar-refractivity contribution in [1.29, 1.82) is 0 Å². The van der Waals surface area contributed by atoms with Crippen molar-refractivity contribution < 1.29 is 49.5 Å². The highest BCUT2D eigenvalue weighted by molar-refractivity contribution is 7.89. The Kier molecular flexibility index (Phi) is 11.3. The summed E-state index contributed by atoms with van der Waals surface area (Å²) in [5.41, 5.74) is 2.15. The Morgan fingerprint density at radius 1 is 0.830 bits per heavy atom. The largest absolute Gasteiger partial charge is 0.459 e. The van der Waals surface area contributed by atoms with Gasteiger partial charge in [0.05, 0.1) is 19.7 Å². The van der Waals surface area contributed by atoms with Gasteiger partial charge >= 0.3 is 11.9 Å². The lowest BCUT2D eigenvalue weighted by molar-refractivity contribution is -0.152. The molecule has 0 spiro atoms. The average Bonchev–Trinajstić information content (AvgIpc) is 3.06. The number of nitrogens with zero attached hydrogens (tertiary/aromatic N) is 2. The van der Waals surface area contributed by atoms with Crippen LogP contribution >= 0.6 is 0 Å². The number of anilines is 2. The highest BCUT2D eigenvalue weighted by Gasteiger charge is 2.37. The minimum absolute atomic E-state index is 0.0155. The molecule has 0 radical (unpaired) electrons. The Morgan fingerprint density at radius 2 is 1.38 bits per heavy atom. The SMILES string of the molecule is CCOC(=O)C(=O)Nc1ccc(N(Cc2ccc(C3CCCCC3)cc2)C(=O)CN(C)S(=O)(=O)c2c(F)c(F)c(F)c(F)c2F)cc1. The Bertz CT molecular complexity index is 1720. The quantitative estimate of drug-likeness (QED) is 0.0954. The second-order valence-corrected chi connectivity index (χ2v) is 12.9.